The second kappa shape index (κ2) is 13.4. The average Bonchev–Trinajstić information content (AvgIpc) is 3.48. The molecule has 1 atom stereocenters. The highest BCUT2D eigenvalue weighted by Crippen LogP contribution is 2.35. The van der Waals surface area contributed by atoms with Gasteiger partial charge in [0.1, 0.15) is 18.3 Å². The lowest BCUT2D eigenvalue weighted by Crippen LogP contribution is -2.52. The normalized spacial score (nSPS) is 14.3. The molecule has 0 spiro atoms. The van der Waals surface area contributed by atoms with Crippen LogP contribution in [-0.4, -0.2) is 50.9 Å². The summed E-state index contributed by atoms with van der Waals surface area (Å²) in [5, 5.41) is 3.35. The first kappa shape index (κ1) is 30.4. The van der Waals surface area contributed by atoms with E-state index >= 15 is 0 Å². The lowest BCUT2D eigenvalue weighted by Gasteiger charge is -2.33. The van der Waals surface area contributed by atoms with Gasteiger partial charge in [-0.25, -0.2) is 8.42 Å². The van der Waals surface area contributed by atoms with Gasteiger partial charge in [-0.05, 0) is 62.6 Å². The molecule has 0 heterocycles. The van der Waals surface area contributed by atoms with Gasteiger partial charge in [0.05, 0.1) is 17.7 Å². The van der Waals surface area contributed by atoms with Gasteiger partial charge >= 0.3 is 0 Å². The molecule has 218 valence electrons. The fourth-order valence-electron chi connectivity index (χ4n) is 4.96. The molecule has 4 rings (SSSR count). The molecular weight excluding hydrogens is 562 g/mol. The maximum absolute atomic E-state index is 14.1. The fraction of sp³-hybridized carbons (Fsp3) is 0.355. The first-order valence-electron chi connectivity index (χ1n) is 13.7. The highest BCUT2D eigenvalue weighted by Gasteiger charge is 2.34. The predicted octanol–water partition coefficient (Wildman–Crippen LogP) is 5.33. The van der Waals surface area contributed by atoms with Gasteiger partial charge in [-0.1, -0.05) is 72.5 Å². The number of sulfonamides is 1. The largest absolute Gasteiger partial charge is 0.495 e. The maximum atomic E-state index is 14.1. The molecule has 0 bridgehead atoms. The Balaban J connectivity index is 1.73. The molecule has 1 N–H and O–H groups in total. The zero-order valence-corrected chi connectivity index (χ0v) is 25.1. The van der Waals surface area contributed by atoms with E-state index in [9.17, 15) is 18.0 Å². The lowest BCUT2D eigenvalue weighted by molar-refractivity contribution is -0.139. The van der Waals surface area contributed by atoms with Crippen molar-refractivity contribution in [2.75, 3.05) is 18.0 Å². The summed E-state index contributed by atoms with van der Waals surface area (Å²) in [5.41, 5.74) is 1.83. The van der Waals surface area contributed by atoms with Crippen LogP contribution in [0.2, 0.25) is 5.02 Å². The SMILES string of the molecule is COc1ccc(Cl)cc1N(CC(=O)N(Cc1ccccc1)[C@@H](C)C(=O)NC1CCCC1)S(=O)(=O)c1ccc(C)cc1. The second-order valence-electron chi connectivity index (χ2n) is 10.3. The van der Waals surface area contributed by atoms with Crippen molar-refractivity contribution in [3.8, 4) is 5.75 Å². The summed E-state index contributed by atoms with van der Waals surface area (Å²) in [4.78, 5) is 28.8. The zero-order valence-electron chi connectivity index (χ0n) is 23.5. The van der Waals surface area contributed by atoms with E-state index in [0.717, 1.165) is 41.1 Å². The van der Waals surface area contributed by atoms with Crippen LogP contribution in [0.5, 0.6) is 5.75 Å². The van der Waals surface area contributed by atoms with E-state index in [-0.39, 0.29) is 39.8 Å². The summed E-state index contributed by atoms with van der Waals surface area (Å²) in [6.07, 6.45) is 3.92. The molecule has 1 aliphatic carbocycles. The van der Waals surface area contributed by atoms with Crippen molar-refractivity contribution >= 4 is 39.1 Å². The second-order valence-corrected chi connectivity index (χ2v) is 12.6. The first-order chi connectivity index (χ1) is 19.6. The molecule has 0 saturated heterocycles. The number of carbonyl (C=O) groups is 2. The third-order valence-electron chi connectivity index (χ3n) is 7.36. The Hall–Kier alpha value is -3.56. The zero-order chi connectivity index (χ0) is 29.6. The monoisotopic (exact) mass is 597 g/mol. The number of aryl methyl sites for hydroxylation is 1. The third-order valence-corrected chi connectivity index (χ3v) is 9.37. The quantitative estimate of drug-likeness (QED) is 0.322. The van der Waals surface area contributed by atoms with Crippen molar-refractivity contribution in [1.82, 2.24) is 10.2 Å². The Morgan fingerprint density at radius 1 is 1.02 bits per heavy atom. The molecule has 41 heavy (non-hydrogen) atoms. The van der Waals surface area contributed by atoms with Gasteiger partial charge in [0, 0.05) is 17.6 Å². The molecule has 1 saturated carbocycles. The predicted molar refractivity (Wildman–Crippen MR) is 161 cm³/mol. The van der Waals surface area contributed by atoms with Crippen LogP contribution in [0.15, 0.2) is 77.7 Å². The smallest absolute Gasteiger partial charge is 0.264 e. The van der Waals surface area contributed by atoms with Crippen molar-refractivity contribution in [2.24, 2.45) is 0 Å². The Morgan fingerprint density at radius 3 is 2.32 bits per heavy atom. The first-order valence-corrected chi connectivity index (χ1v) is 15.5. The van der Waals surface area contributed by atoms with Crippen molar-refractivity contribution in [1.29, 1.82) is 0 Å². The number of carbonyl (C=O) groups excluding carboxylic acids is 2. The van der Waals surface area contributed by atoms with Crippen LogP contribution >= 0.6 is 11.6 Å². The minimum Gasteiger partial charge on any atom is -0.495 e. The number of methoxy groups -OCH3 is 1. The Kier molecular flexibility index (Phi) is 9.94. The topological polar surface area (TPSA) is 96.0 Å². The third kappa shape index (κ3) is 7.40. The van der Waals surface area contributed by atoms with E-state index in [4.69, 9.17) is 16.3 Å². The van der Waals surface area contributed by atoms with Crippen LogP contribution < -0.4 is 14.4 Å². The summed E-state index contributed by atoms with van der Waals surface area (Å²) in [6, 6.07) is 19.5. The van der Waals surface area contributed by atoms with Gasteiger partial charge in [-0.15, -0.1) is 0 Å². The summed E-state index contributed by atoms with van der Waals surface area (Å²) in [7, 11) is -2.82. The number of benzene rings is 3. The van der Waals surface area contributed by atoms with E-state index in [1.807, 2.05) is 37.3 Å². The maximum Gasteiger partial charge on any atom is 0.264 e. The number of rotatable bonds is 11. The number of amides is 2. The lowest BCUT2D eigenvalue weighted by atomic mass is 10.1. The summed E-state index contributed by atoms with van der Waals surface area (Å²) in [6.45, 7) is 3.09. The van der Waals surface area contributed by atoms with E-state index < -0.39 is 28.5 Å². The van der Waals surface area contributed by atoms with Gasteiger partial charge in [0.25, 0.3) is 10.0 Å². The van der Waals surface area contributed by atoms with Gasteiger partial charge in [0.2, 0.25) is 11.8 Å². The Labute approximate surface area is 247 Å². The number of nitrogens with zero attached hydrogens (tertiary/aromatic N) is 2. The summed E-state index contributed by atoms with van der Waals surface area (Å²) < 4.78 is 34.6. The van der Waals surface area contributed by atoms with Gasteiger partial charge in [0.15, 0.2) is 0 Å². The minimum atomic E-state index is -4.24. The van der Waals surface area contributed by atoms with Gasteiger partial charge < -0.3 is 15.0 Å². The van der Waals surface area contributed by atoms with Crippen LogP contribution in [0.1, 0.15) is 43.7 Å². The Bertz CT molecular complexity index is 1460. The van der Waals surface area contributed by atoms with Crippen LogP contribution in [0, 0.1) is 6.92 Å². The van der Waals surface area contributed by atoms with Crippen LogP contribution in [-0.2, 0) is 26.2 Å². The molecule has 0 aliphatic heterocycles. The van der Waals surface area contributed by atoms with E-state index in [1.165, 1.54) is 30.2 Å². The van der Waals surface area contributed by atoms with E-state index in [1.54, 1.807) is 31.2 Å². The van der Waals surface area contributed by atoms with Gasteiger partial charge in [-0.2, -0.15) is 0 Å². The fourth-order valence-corrected chi connectivity index (χ4v) is 6.55. The van der Waals surface area contributed by atoms with Crippen LogP contribution in [0.25, 0.3) is 0 Å². The molecule has 3 aromatic carbocycles. The van der Waals surface area contributed by atoms with Crippen LogP contribution in [0.3, 0.4) is 0 Å². The molecule has 8 nitrogen and oxygen atoms in total. The van der Waals surface area contributed by atoms with Crippen molar-refractivity contribution in [3.63, 3.8) is 0 Å². The number of hydrogen-bond acceptors (Lipinski definition) is 5. The number of halogens is 1. The average molecular weight is 598 g/mol. The molecule has 1 aliphatic rings. The molecule has 10 heteroatoms. The molecular formula is C31H36ClN3O5S. The molecule has 0 radical (unpaired) electrons. The standard InChI is InChI=1S/C31H36ClN3O5S/c1-22-13-16-27(17-14-22)41(38,39)35(28-19-25(32)15-18-29(28)40-3)21-30(36)34(20-24-9-5-4-6-10-24)23(2)31(37)33-26-11-7-8-12-26/h4-6,9-10,13-19,23,26H,7-8,11-12,20-21H2,1-3H3,(H,33,37)/t23-/m0/s1. The Morgan fingerprint density at radius 2 is 1.68 bits per heavy atom. The highest BCUT2D eigenvalue weighted by molar-refractivity contribution is 7.92. The number of hydrogen-bond donors (Lipinski definition) is 1. The number of ether oxygens (including phenoxy) is 1. The number of nitrogens with one attached hydrogen (secondary N) is 1. The molecule has 1 fully saturated rings. The van der Waals surface area contributed by atoms with Crippen molar-refractivity contribution in [3.05, 3.63) is 88.9 Å². The molecule has 0 aromatic heterocycles. The van der Waals surface area contributed by atoms with E-state index in [0.29, 0.717) is 0 Å². The molecule has 2 amide bonds. The van der Waals surface area contributed by atoms with Crippen LogP contribution in [0.4, 0.5) is 5.69 Å². The summed E-state index contributed by atoms with van der Waals surface area (Å²) >= 11 is 6.29. The van der Waals surface area contributed by atoms with Crippen molar-refractivity contribution < 1.29 is 22.7 Å². The number of anilines is 1. The summed E-state index contributed by atoms with van der Waals surface area (Å²) in [5.74, 6) is -0.574. The molecule has 3 aromatic rings. The minimum absolute atomic E-state index is 0.0135. The van der Waals surface area contributed by atoms with Crippen molar-refractivity contribution in [2.45, 2.75) is 63.1 Å². The van der Waals surface area contributed by atoms with E-state index in [2.05, 4.69) is 5.32 Å². The molecule has 0 unspecified atom stereocenters. The van der Waals surface area contributed by atoms with Gasteiger partial charge in [-0.3, -0.25) is 13.9 Å². The highest BCUT2D eigenvalue weighted by atomic mass is 35.5.